The molecule has 2 N–H and O–H groups in total. The number of benzene rings is 2. The fourth-order valence-corrected chi connectivity index (χ4v) is 4.44. The molecule has 0 aliphatic heterocycles. The van der Waals surface area contributed by atoms with Crippen LogP contribution in [0, 0.1) is 11.6 Å². The highest BCUT2D eigenvalue weighted by Gasteiger charge is 2.20. The topological polar surface area (TPSA) is 183 Å². The highest BCUT2D eigenvalue weighted by molar-refractivity contribution is 6.67. The van der Waals surface area contributed by atoms with Gasteiger partial charge >= 0.3 is 11.9 Å². The Morgan fingerprint density at radius 2 is 1.07 bits per heavy atom. The van der Waals surface area contributed by atoms with Crippen molar-refractivity contribution in [2.45, 2.75) is 85.0 Å². The predicted molar refractivity (Wildman–Crippen MR) is 200 cm³/mol. The molecular formula is C39H46ClF2N5O8. The van der Waals surface area contributed by atoms with Crippen molar-refractivity contribution in [1.82, 2.24) is 19.9 Å². The fourth-order valence-electron chi connectivity index (χ4n) is 4.32. The molecule has 296 valence electrons. The zero-order chi connectivity index (χ0) is 41.3. The number of nitrogens with two attached hydrogens (primary N) is 1. The Morgan fingerprint density at radius 3 is 1.45 bits per heavy atom. The maximum atomic E-state index is 12.9. The molecule has 0 saturated heterocycles. The van der Waals surface area contributed by atoms with Crippen LogP contribution < -0.4 is 15.2 Å². The van der Waals surface area contributed by atoms with Gasteiger partial charge < -0.3 is 24.7 Å². The number of aromatic nitrogens is 4. The Kier molecular flexibility index (Phi) is 17.9. The van der Waals surface area contributed by atoms with E-state index in [0.29, 0.717) is 46.2 Å². The minimum Gasteiger partial charge on any atom is -0.480 e. The lowest BCUT2D eigenvalue weighted by atomic mass is 10.1. The van der Waals surface area contributed by atoms with Gasteiger partial charge in [-0.15, -0.1) is 0 Å². The van der Waals surface area contributed by atoms with Gasteiger partial charge in [-0.3, -0.25) is 29.1 Å². The molecular weight excluding hydrogens is 740 g/mol. The summed E-state index contributed by atoms with van der Waals surface area (Å²) in [5.74, 6) is -1.03. The molecule has 0 spiro atoms. The third-order valence-corrected chi connectivity index (χ3v) is 6.84. The minimum atomic E-state index is -0.574. The lowest BCUT2D eigenvalue weighted by Gasteiger charge is -2.19. The van der Waals surface area contributed by atoms with E-state index in [1.54, 1.807) is 20.8 Å². The molecule has 0 radical (unpaired) electrons. The van der Waals surface area contributed by atoms with Crippen molar-refractivity contribution in [1.29, 1.82) is 0 Å². The van der Waals surface area contributed by atoms with Crippen molar-refractivity contribution < 1.29 is 46.9 Å². The lowest BCUT2D eigenvalue weighted by Crippen LogP contribution is -2.25. The van der Waals surface area contributed by atoms with Crippen molar-refractivity contribution in [3.63, 3.8) is 0 Å². The summed E-state index contributed by atoms with van der Waals surface area (Å²) in [5.41, 5.74) is 7.15. The maximum Gasteiger partial charge on any atom is 0.312 e. The molecule has 2 aromatic carbocycles. The van der Waals surface area contributed by atoms with Crippen LogP contribution in [0.2, 0.25) is 0 Å². The molecule has 0 aliphatic carbocycles. The van der Waals surface area contributed by atoms with Gasteiger partial charge in [0.15, 0.2) is 5.78 Å². The van der Waals surface area contributed by atoms with Crippen molar-refractivity contribution in [2.75, 3.05) is 14.2 Å². The molecule has 2 heterocycles. The van der Waals surface area contributed by atoms with Crippen LogP contribution in [0.15, 0.2) is 60.9 Å². The normalized spacial score (nSPS) is 10.8. The summed E-state index contributed by atoms with van der Waals surface area (Å²) in [5, 5.41) is -0.569. The standard InChI is InChI=1S/C20H23FN2O4.C12H19N3O3.C7H4ClFO/c1-20(2,3)27-18(25)11-15-12-22-16(19(23-15)26-4)9-10-17(24)13-5-7-14(21)8-6-13;1-12(2,3)18-10(16)5-8-7-14-9(6-13)11(15-8)17-4;8-7(10)5-1-3-6(9)4-2-5/h5-8,12H,9-11H2,1-4H3;7H,5-6,13H2,1-4H3;1-4H. The van der Waals surface area contributed by atoms with Crippen LogP contribution in [0.4, 0.5) is 8.78 Å². The second-order valence-corrected chi connectivity index (χ2v) is 13.9. The van der Waals surface area contributed by atoms with E-state index in [1.807, 2.05) is 20.8 Å². The number of ketones is 1. The Hall–Kier alpha value is -5.41. The van der Waals surface area contributed by atoms with Gasteiger partial charge in [-0.05, 0) is 102 Å². The molecule has 4 rings (SSSR count). The van der Waals surface area contributed by atoms with E-state index in [2.05, 4.69) is 19.9 Å². The van der Waals surface area contributed by atoms with Gasteiger partial charge in [0.1, 0.15) is 34.2 Å². The Bertz CT molecular complexity index is 1900. The summed E-state index contributed by atoms with van der Waals surface area (Å²) in [6.45, 7) is 11.1. The van der Waals surface area contributed by atoms with Gasteiger partial charge in [0.25, 0.3) is 5.24 Å². The number of hydrogen-bond acceptors (Lipinski definition) is 13. The molecule has 0 aliphatic rings. The second-order valence-electron chi connectivity index (χ2n) is 13.6. The summed E-state index contributed by atoms with van der Waals surface area (Å²) in [6, 6.07) is 10.5. The summed E-state index contributed by atoms with van der Waals surface area (Å²) in [7, 11) is 2.94. The number of carbonyl (C=O) groups excluding carboxylic acids is 4. The van der Waals surface area contributed by atoms with Crippen LogP contribution >= 0.6 is 11.6 Å². The molecule has 16 heteroatoms. The van der Waals surface area contributed by atoms with Gasteiger partial charge in [0.05, 0.1) is 38.4 Å². The maximum absolute atomic E-state index is 12.9. The summed E-state index contributed by atoms with van der Waals surface area (Å²) in [4.78, 5) is 62.9. The Balaban J connectivity index is 0.000000319. The van der Waals surface area contributed by atoms with Crippen LogP contribution in [-0.4, -0.2) is 68.3 Å². The summed E-state index contributed by atoms with van der Waals surface area (Å²) >= 11 is 5.09. The predicted octanol–water partition coefficient (Wildman–Crippen LogP) is 6.36. The van der Waals surface area contributed by atoms with Crippen LogP contribution in [0.1, 0.15) is 91.5 Å². The quantitative estimate of drug-likeness (QED) is 0.0953. The largest absolute Gasteiger partial charge is 0.480 e. The molecule has 2 aromatic heterocycles. The molecule has 0 saturated carbocycles. The number of hydrogen-bond donors (Lipinski definition) is 1. The van der Waals surface area contributed by atoms with Gasteiger partial charge in [-0.25, -0.2) is 18.7 Å². The average molecular weight is 786 g/mol. The van der Waals surface area contributed by atoms with E-state index >= 15 is 0 Å². The number of methoxy groups -OCH3 is 2. The number of carbonyl (C=O) groups is 4. The van der Waals surface area contributed by atoms with Crippen LogP contribution in [0.3, 0.4) is 0 Å². The summed E-state index contributed by atoms with van der Waals surface area (Å²) in [6.07, 6.45) is 3.53. The molecule has 55 heavy (non-hydrogen) atoms. The number of halogens is 3. The number of ether oxygens (including phenoxy) is 4. The SMILES string of the molecule is COc1nc(CC(=O)OC(C)(C)C)cnc1CCC(=O)c1ccc(F)cc1.COc1nc(CC(=O)OC(C)(C)C)cnc1CN.O=C(Cl)c1ccc(F)cc1. The van der Waals surface area contributed by atoms with Crippen LogP contribution in [0.5, 0.6) is 11.8 Å². The average Bonchev–Trinajstić information content (AvgIpc) is 3.10. The molecule has 0 unspecified atom stereocenters. The first-order chi connectivity index (χ1) is 25.7. The van der Waals surface area contributed by atoms with Crippen molar-refractivity contribution >= 4 is 34.6 Å². The smallest absolute Gasteiger partial charge is 0.312 e. The van der Waals surface area contributed by atoms with E-state index in [4.69, 9.17) is 36.3 Å². The number of aryl methyl sites for hydroxylation is 1. The molecule has 0 bridgehead atoms. The highest BCUT2D eigenvalue weighted by atomic mass is 35.5. The fraction of sp³-hybridized carbons (Fsp3) is 0.385. The Morgan fingerprint density at radius 1 is 0.673 bits per heavy atom. The molecule has 0 atom stereocenters. The first-order valence-electron chi connectivity index (χ1n) is 16.9. The van der Waals surface area contributed by atoms with Gasteiger partial charge in [-0.1, -0.05) is 0 Å². The van der Waals surface area contributed by atoms with E-state index in [9.17, 15) is 28.0 Å². The van der Waals surface area contributed by atoms with E-state index in [0.717, 1.165) is 0 Å². The van der Waals surface area contributed by atoms with Crippen LogP contribution in [0.25, 0.3) is 0 Å². The Labute approximate surface area is 324 Å². The molecule has 0 amide bonds. The molecule has 0 fully saturated rings. The second kappa shape index (κ2) is 21.5. The van der Waals surface area contributed by atoms with E-state index < -0.39 is 22.4 Å². The van der Waals surface area contributed by atoms with E-state index in [1.165, 1.54) is 75.1 Å². The molecule has 13 nitrogen and oxygen atoms in total. The number of nitrogens with zero attached hydrogens (tertiary/aromatic N) is 4. The highest BCUT2D eigenvalue weighted by Crippen LogP contribution is 2.18. The zero-order valence-corrected chi connectivity index (χ0v) is 32.8. The monoisotopic (exact) mass is 785 g/mol. The van der Waals surface area contributed by atoms with Crippen molar-refractivity contribution in [3.8, 4) is 11.8 Å². The van der Waals surface area contributed by atoms with Gasteiger partial charge in [-0.2, -0.15) is 0 Å². The van der Waals surface area contributed by atoms with Gasteiger partial charge in [0.2, 0.25) is 11.8 Å². The van der Waals surface area contributed by atoms with Gasteiger partial charge in [0, 0.05) is 42.9 Å². The number of Topliss-reactive ketones (excluding diaryl/α,β-unsaturated/α-hetero) is 1. The van der Waals surface area contributed by atoms with Crippen molar-refractivity contribution in [3.05, 3.63) is 106 Å². The first-order valence-corrected chi connectivity index (χ1v) is 17.3. The third kappa shape index (κ3) is 17.5. The lowest BCUT2D eigenvalue weighted by molar-refractivity contribution is -0.155. The third-order valence-electron chi connectivity index (χ3n) is 6.62. The molecule has 4 aromatic rings. The van der Waals surface area contributed by atoms with Crippen LogP contribution in [-0.2, 0) is 44.9 Å². The van der Waals surface area contributed by atoms with Crippen molar-refractivity contribution in [2.24, 2.45) is 5.73 Å². The number of rotatable bonds is 12. The summed E-state index contributed by atoms with van der Waals surface area (Å²) < 4.78 is 45.9. The first kappa shape index (κ1) is 45.7. The zero-order valence-electron chi connectivity index (χ0n) is 32.1. The number of esters is 2. The minimum absolute atomic E-state index is 0.0184. The van der Waals surface area contributed by atoms with E-state index in [-0.39, 0.29) is 55.1 Å².